The Hall–Kier alpha value is -3.40. The van der Waals surface area contributed by atoms with Crippen molar-refractivity contribution in [2.24, 2.45) is 5.92 Å². The second-order valence-corrected chi connectivity index (χ2v) is 8.58. The lowest BCUT2D eigenvalue weighted by Gasteiger charge is -2.21. The Balaban J connectivity index is 1.39. The van der Waals surface area contributed by atoms with E-state index in [4.69, 9.17) is 0 Å². The molecule has 4 rings (SSSR count). The highest BCUT2D eigenvalue weighted by molar-refractivity contribution is 6.00. The summed E-state index contributed by atoms with van der Waals surface area (Å²) in [6, 6.07) is 26.8. The second-order valence-electron chi connectivity index (χ2n) is 8.58. The summed E-state index contributed by atoms with van der Waals surface area (Å²) in [7, 11) is 0. The number of hydrogen-bond acceptors (Lipinski definition) is 2. The molecule has 4 nitrogen and oxygen atoms in total. The van der Waals surface area contributed by atoms with Gasteiger partial charge in [0.05, 0.1) is 5.92 Å². The third-order valence-corrected chi connectivity index (χ3v) is 6.50. The predicted octanol–water partition coefficient (Wildman–Crippen LogP) is 4.99. The molecule has 164 valence electrons. The van der Waals surface area contributed by atoms with Crippen molar-refractivity contribution in [2.45, 2.75) is 32.6 Å². The molecule has 0 saturated carbocycles. The van der Waals surface area contributed by atoms with Crippen molar-refractivity contribution in [3.8, 4) is 0 Å². The average molecular weight is 427 g/mol. The second kappa shape index (κ2) is 9.82. The molecule has 0 aliphatic carbocycles. The number of anilines is 1. The standard InChI is InChI=1S/C28H30N2O2/c1-20-10-9-15-26(21(20)2)30-19-24(18-27(30)31)28(32)29-17-16-25(22-11-5-3-6-12-22)23-13-7-4-8-14-23/h3-15,24-25H,16-19H2,1-2H3,(H,29,32)/t24-/m0/s1. The van der Waals surface area contributed by atoms with Gasteiger partial charge in [-0.2, -0.15) is 0 Å². The Morgan fingerprint density at radius 1 is 0.938 bits per heavy atom. The van der Waals surface area contributed by atoms with Crippen LogP contribution in [0.1, 0.15) is 41.0 Å². The normalized spacial score (nSPS) is 15.9. The van der Waals surface area contributed by atoms with Gasteiger partial charge in [0.1, 0.15) is 0 Å². The smallest absolute Gasteiger partial charge is 0.227 e. The molecule has 1 heterocycles. The Bertz CT molecular complexity index is 1040. The average Bonchev–Trinajstić information content (AvgIpc) is 3.21. The minimum absolute atomic E-state index is 0.0188. The van der Waals surface area contributed by atoms with E-state index in [1.807, 2.05) is 44.2 Å². The van der Waals surface area contributed by atoms with E-state index in [2.05, 4.69) is 53.8 Å². The van der Waals surface area contributed by atoms with Crippen LogP contribution in [0.15, 0.2) is 78.9 Å². The first-order valence-electron chi connectivity index (χ1n) is 11.3. The summed E-state index contributed by atoms with van der Waals surface area (Å²) < 4.78 is 0. The van der Waals surface area contributed by atoms with Gasteiger partial charge < -0.3 is 10.2 Å². The molecule has 1 aliphatic rings. The molecule has 1 aliphatic heterocycles. The maximum atomic E-state index is 12.9. The number of nitrogens with one attached hydrogen (secondary N) is 1. The van der Waals surface area contributed by atoms with E-state index < -0.39 is 0 Å². The van der Waals surface area contributed by atoms with Gasteiger partial charge >= 0.3 is 0 Å². The fourth-order valence-electron chi connectivity index (χ4n) is 4.52. The van der Waals surface area contributed by atoms with Gasteiger partial charge in [0.15, 0.2) is 0 Å². The molecular weight excluding hydrogens is 396 g/mol. The van der Waals surface area contributed by atoms with Gasteiger partial charge in [0.2, 0.25) is 11.8 Å². The van der Waals surface area contributed by atoms with Crippen LogP contribution >= 0.6 is 0 Å². The maximum absolute atomic E-state index is 12.9. The van der Waals surface area contributed by atoms with E-state index >= 15 is 0 Å². The minimum atomic E-state index is -0.311. The lowest BCUT2D eigenvalue weighted by Crippen LogP contribution is -2.34. The minimum Gasteiger partial charge on any atom is -0.356 e. The van der Waals surface area contributed by atoms with Gasteiger partial charge in [-0.1, -0.05) is 72.8 Å². The molecule has 0 bridgehead atoms. The van der Waals surface area contributed by atoms with Crippen LogP contribution in [0.4, 0.5) is 5.69 Å². The number of amides is 2. The summed E-state index contributed by atoms with van der Waals surface area (Å²) >= 11 is 0. The quantitative estimate of drug-likeness (QED) is 0.578. The molecule has 3 aromatic rings. The van der Waals surface area contributed by atoms with E-state index in [0.717, 1.165) is 23.2 Å². The Morgan fingerprint density at radius 3 is 2.19 bits per heavy atom. The largest absolute Gasteiger partial charge is 0.356 e. The van der Waals surface area contributed by atoms with Gasteiger partial charge in [-0.3, -0.25) is 9.59 Å². The molecule has 32 heavy (non-hydrogen) atoms. The molecule has 4 heteroatoms. The summed E-state index contributed by atoms with van der Waals surface area (Å²) in [5.41, 5.74) is 5.64. The molecule has 0 aromatic heterocycles. The van der Waals surface area contributed by atoms with Gasteiger partial charge in [0, 0.05) is 31.1 Å². The molecule has 1 fully saturated rings. The first kappa shape index (κ1) is 21.8. The maximum Gasteiger partial charge on any atom is 0.227 e. The first-order chi connectivity index (χ1) is 15.5. The highest BCUT2D eigenvalue weighted by atomic mass is 16.2. The molecule has 0 radical (unpaired) electrons. The fraction of sp³-hybridized carbons (Fsp3) is 0.286. The fourth-order valence-corrected chi connectivity index (χ4v) is 4.52. The molecule has 3 aromatic carbocycles. The zero-order chi connectivity index (χ0) is 22.5. The number of benzene rings is 3. The molecular formula is C28H30N2O2. The van der Waals surface area contributed by atoms with Gasteiger partial charge in [-0.25, -0.2) is 0 Å². The van der Waals surface area contributed by atoms with E-state index in [-0.39, 0.29) is 30.1 Å². The van der Waals surface area contributed by atoms with Crippen molar-refractivity contribution in [3.05, 3.63) is 101 Å². The number of nitrogens with zero attached hydrogens (tertiary/aromatic N) is 1. The van der Waals surface area contributed by atoms with Crippen LogP contribution in [0.25, 0.3) is 0 Å². The van der Waals surface area contributed by atoms with Crippen molar-refractivity contribution < 1.29 is 9.59 Å². The van der Waals surface area contributed by atoms with Crippen LogP contribution in [-0.4, -0.2) is 24.9 Å². The number of hydrogen-bond donors (Lipinski definition) is 1. The summed E-state index contributed by atoms with van der Waals surface area (Å²) in [6.07, 6.45) is 1.07. The van der Waals surface area contributed by atoms with Crippen molar-refractivity contribution in [2.75, 3.05) is 18.0 Å². The van der Waals surface area contributed by atoms with Gasteiger partial charge in [-0.05, 0) is 48.6 Å². The lowest BCUT2D eigenvalue weighted by molar-refractivity contribution is -0.126. The highest BCUT2D eigenvalue weighted by Crippen LogP contribution is 2.30. The summed E-state index contributed by atoms with van der Waals surface area (Å²) in [4.78, 5) is 27.3. The van der Waals surface area contributed by atoms with E-state index in [1.165, 1.54) is 11.1 Å². The monoisotopic (exact) mass is 426 g/mol. The van der Waals surface area contributed by atoms with Crippen LogP contribution < -0.4 is 10.2 Å². The Kier molecular flexibility index (Phi) is 6.69. The van der Waals surface area contributed by atoms with E-state index in [1.54, 1.807) is 4.90 Å². The van der Waals surface area contributed by atoms with Crippen molar-refractivity contribution in [1.29, 1.82) is 0 Å². The van der Waals surface area contributed by atoms with Gasteiger partial charge in [0.25, 0.3) is 0 Å². The highest BCUT2D eigenvalue weighted by Gasteiger charge is 2.35. The van der Waals surface area contributed by atoms with Crippen molar-refractivity contribution in [3.63, 3.8) is 0 Å². The number of carbonyl (C=O) groups excluding carboxylic acids is 2. The summed E-state index contributed by atoms with van der Waals surface area (Å²) in [5, 5.41) is 3.10. The molecule has 1 N–H and O–H groups in total. The predicted molar refractivity (Wildman–Crippen MR) is 129 cm³/mol. The lowest BCUT2D eigenvalue weighted by atomic mass is 9.88. The van der Waals surface area contributed by atoms with E-state index in [0.29, 0.717) is 13.1 Å². The molecule has 1 atom stereocenters. The molecule has 2 amide bonds. The Labute approximate surface area is 190 Å². The van der Waals surface area contributed by atoms with Crippen LogP contribution in [0, 0.1) is 19.8 Å². The SMILES string of the molecule is Cc1cccc(N2C[C@@H](C(=O)NCCC(c3ccccc3)c3ccccc3)CC2=O)c1C. The molecule has 0 unspecified atom stereocenters. The zero-order valence-corrected chi connectivity index (χ0v) is 18.8. The number of aryl methyl sites for hydroxylation is 1. The third-order valence-electron chi connectivity index (χ3n) is 6.50. The van der Waals surface area contributed by atoms with Crippen LogP contribution in [-0.2, 0) is 9.59 Å². The summed E-state index contributed by atoms with van der Waals surface area (Å²) in [5.74, 6) is -0.111. The van der Waals surface area contributed by atoms with Crippen molar-refractivity contribution in [1.82, 2.24) is 5.32 Å². The summed E-state index contributed by atoms with van der Waals surface area (Å²) in [6.45, 7) is 5.08. The third kappa shape index (κ3) is 4.75. The first-order valence-corrected chi connectivity index (χ1v) is 11.3. The Morgan fingerprint density at radius 2 is 1.56 bits per heavy atom. The number of carbonyl (C=O) groups is 2. The zero-order valence-electron chi connectivity index (χ0n) is 18.8. The van der Waals surface area contributed by atoms with Crippen molar-refractivity contribution >= 4 is 17.5 Å². The topological polar surface area (TPSA) is 49.4 Å². The van der Waals surface area contributed by atoms with Crippen LogP contribution in [0.5, 0.6) is 0 Å². The van der Waals surface area contributed by atoms with Gasteiger partial charge in [-0.15, -0.1) is 0 Å². The number of rotatable bonds is 7. The van der Waals surface area contributed by atoms with E-state index in [9.17, 15) is 9.59 Å². The van der Waals surface area contributed by atoms with Crippen LogP contribution in [0.3, 0.4) is 0 Å². The van der Waals surface area contributed by atoms with Crippen LogP contribution in [0.2, 0.25) is 0 Å². The molecule has 0 spiro atoms. The molecule has 1 saturated heterocycles.